The highest BCUT2D eigenvalue weighted by Crippen LogP contribution is 2.31. The quantitative estimate of drug-likeness (QED) is 0.574. The Morgan fingerprint density at radius 1 is 1.03 bits per heavy atom. The maximum Gasteiger partial charge on any atom is 0.337 e. The number of phenolic OH excluding ortho intramolecular Hbond substituents is 1. The average molecular weight is 424 g/mol. The molecule has 1 saturated heterocycles. The number of rotatable bonds is 5. The van der Waals surface area contributed by atoms with E-state index in [2.05, 4.69) is 10.2 Å². The second kappa shape index (κ2) is 8.56. The molecule has 4 rings (SSSR count). The zero-order valence-corrected chi connectivity index (χ0v) is 16.8. The first-order valence-electron chi connectivity index (χ1n) is 9.41. The van der Waals surface area contributed by atoms with E-state index in [1.807, 2.05) is 17.5 Å². The van der Waals surface area contributed by atoms with E-state index < -0.39 is 11.9 Å². The summed E-state index contributed by atoms with van der Waals surface area (Å²) in [5.74, 6) is -1.89. The number of thiophene rings is 1. The van der Waals surface area contributed by atoms with Gasteiger partial charge in [0, 0.05) is 23.7 Å². The number of benzene rings is 2. The normalized spacial score (nSPS) is 13.8. The Kier molecular flexibility index (Phi) is 5.69. The second-order valence-electron chi connectivity index (χ2n) is 6.80. The number of nitrogens with one attached hydrogen (secondary N) is 1. The topological polar surface area (TPSA) is 99.1 Å². The molecule has 0 aliphatic carbocycles. The van der Waals surface area contributed by atoms with Crippen LogP contribution in [0.2, 0.25) is 0 Å². The molecule has 0 radical (unpaired) electrons. The summed E-state index contributed by atoms with van der Waals surface area (Å²) in [5, 5.41) is 24.4. The minimum absolute atomic E-state index is 0.0209. The SMILES string of the molecule is O=C(Nc1cc(-c2cccs2)ccc1C(=O)O)c1cc(N2CCOCC2)ccc1O. The number of aromatic hydroxyl groups is 1. The first-order chi connectivity index (χ1) is 14.5. The van der Waals surface area contributed by atoms with Crippen LogP contribution in [-0.4, -0.2) is 48.4 Å². The molecule has 8 heteroatoms. The highest BCUT2D eigenvalue weighted by Gasteiger charge is 2.19. The molecule has 7 nitrogen and oxygen atoms in total. The Hall–Kier alpha value is -3.36. The number of hydrogen-bond acceptors (Lipinski definition) is 6. The van der Waals surface area contributed by atoms with Crippen molar-refractivity contribution in [2.75, 3.05) is 36.5 Å². The fraction of sp³-hybridized carbons (Fsp3) is 0.182. The lowest BCUT2D eigenvalue weighted by Crippen LogP contribution is -2.36. The molecule has 0 bridgehead atoms. The summed E-state index contributed by atoms with van der Waals surface area (Å²) in [6, 6.07) is 13.5. The van der Waals surface area contributed by atoms with Crippen molar-refractivity contribution < 1.29 is 24.5 Å². The molecule has 1 aliphatic heterocycles. The van der Waals surface area contributed by atoms with Gasteiger partial charge in [0.25, 0.3) is 5.91 Å². The first kappa shape index (κ1) is 19.9. The fourth-order valence-electron chi connectivity index (χ4n) is 3.34. The van der Waals surface area contributed by atoms with E-state index in [1.54, 1.807) is 24.3 Å². The number of carbonyl (C=O) groups is 2. The summed E-state index contributed by atoms with van der Waals surface area (Å²) in [6.45, 7) is 2.58. The monoisotopic (exact) mass is 424 g/mol. The number of anilines is 2. The van der Waals surface area contributed by atoms with Crippen molar-refractivity contribution in [3.63, 3.8) is 0 Å². The van der Waals surface area contributed by atoms with Gasteiger partial charge in [0.1, 0.15) is 5.75 Å². The van der Waals surface area contributed by atoms with Crippen LogP contribution in [0.25, 0.3) is 10.4 Å². The second-order valence-corrected chi connectivity index (χ2v) is 7.75. The highest BCUT2D eigenvalue weighted by molar-refractivity contribution is 7.13. The summed E-state index contributed by atoms with van der Waals surface area (Å²) in [6.07, 6.45) is 0. The fourth-order valence-corrected chi connectivity index (χ4v) is 4.07. The molecule has 1 aliphatic rings. The molecular formula is C22H20N2O5S. The summed E-state index contributed by atoms with van der Waals surface area (Å²) in [4.78, 5) is 27.6. The summed E-state index contributed by atoms with van der Waals surface area (Å²) < 4.78 is 5.35. The predicted octanol–water partition coefficient (Wildman–Crippen LogP) is 3.91. The number of carboxylic acid groups (broad SMARTS) is 1. The summed E-state index contributed by atoms with van der Waals surface area (Å²) in [5.41, 5.74) is 1.84. The molecule has 0 saturated carbocycles. The smallest absolute Gasteiger partial charge is 0.337 e. The number of morpholine rings is 1. The number of ether oxygens (including phenoxy) is 1. The maximum atomic E-state index is 12.9. The summed E-state index contributed by atoms with van der Waals surface area (Å²) in [7, 11) is 0. The Morgan fingerprint density at radius 2 is 1.83 bits per heavy atom. The first-order valence-corrected chi connectivity index (χ1v) is 10.3. The van der Waals surface area contributed by atoms with Gasteiger partial charge in [0.2, 0.25) is 0 Å². The van der Waals surface area contributed by atoms with Crippen LogP contribution in [0.1, 0.15) is 20.7 Å². The van der Waals surface area contributed by atoms with E-state index in [9.17, 15) is 19.8 Å². The van der Waals surface area contributed by atoms with Crippen molar-refractivity contribution in [1.82, 2.24) is 0 Å². The molecule has 3 aromatic rings. The van der Waals surface area contributed by atoms with Crippen molar-refractivity contribution in [2.24, 2.45) is 0 Å². The minimum Gasteiger partial charge on any atom is -0.507 e. The molecule has 0 atom stereocenters. The molecule has 0 unspecified atom stereocenters. The van der Waals surface area contributed by atoms with Crippen LogP contribution in [0.5, 0.6) is 5.75 Å². The van der Waals surface area contributed by atoms with Gasteiger partial charge in [-0.25, -0.2) is 4.79 Å². The lowest BCUT2D eigenvalue weighted by atomic mass is 10.1. The number of phenols is 1. The van der Waals surface area contributed by atoms with Gasteiger partial charge in [0.05, 0.1) is 30.0 Å². The van der Waals surface area contributed by atoms with Gasteiger partial charge in [-0.05, 0) is 47.3 Å². The third-order valence-electron chi connectivity index (χ3n) is 4.90. The lowest BCUT2D eigenvalue weighted by molar-refractivity contribution is 0.0698. The molecule has 0 spiro atoms. The Labute approximate surface area is 177 Å². The molecular weight excluding hydrogens is 404 g/mol. The van der Waals surface area contributed by atoms with Gasteiger partial charge in [-0.2, -0.15) is 0 Å². The lowest BCUT2D eigenvalue weighted by Gasteiger charge is -2.29. The van der Waals surface area contributed by atoms with E-state index in [-0.39, 0.29) is 22.6 Å². The van der Waals surface area contributed by atoms with Crippen molar-refractivity contribution in [3.05, 3.63) is 65.0 Å². The van der Waals surface area contributed by atoms with E-state index in [4.69, 9.17) is 4.74 Å². The van der Waals surface area contributed by atoms with Crippen LogP contribution in [0.4, 0.5) is 11.4 Å². The molecule has 2 aromatic carbocycles. The Balaban J connectivity index is 1.65. The average Bonchev–Trinajstić information content (AvgIpc) is 3.29. The van der Waals surface area contributed by atoms with Gasteiger partial charge in [0.15, 0.2) is 0 Å². The van der Waals surface area contributed by atoms with E-state index in [0.717, 1.165) is 16.1 Å². The van der Waals surface area contributed by atoms with E-state index in [0.29, 0.717) is 26.3 Å². The third-order valence-corrected chi connectivity index (χ3v) is 5.82. The molecule has 1 amide bonds. The van der Waals surface area contributed by atoms with Crippen LogP contribution in [-0.2, 0) is 4.74 Å². The molecule has 154 valence electrons. The van der Waals surface area contributed by atoms with E-state index in [1.165, 1.54) is 23.5 Å². The maximum absolute atomic E-state index is 12.9. The van der Waals surface area contributed by atoms with Crippen LogP contribution in [0.15, 0.2) is 53.9 Å². The molecule has 1 aromatic heterocycles. The standard InChI is InChI=1S/C22H20N2O5S/c25-19-6-4-15(24-7-9-29-10-8-24)13-17(19)21(26)23-18-12-14(20-2-1-11-30-20)3-5-16(18)22(27)28/h1-6,11-13,25H,7-10H2,(H,23,26)(H,27,28). The molecule has 30 heavy (non-hydrogen) atoms. The van der Waals surface area contributed by atoms with Gasteiger partial charge >= 0.3 is 5.97 Å². The number of nitrogens with zero attached hydrogens (tertiary/aromatic N) is 1. The van der Waals surface area contributed by atoms with Crippen molar-refractivity contribution in [1.29, 1.82) is 0 Å². The number of carbonyl (C=O) groups excluding carboxylic acids is 1. The molecule has 1 fully saturated rings. The van der Waals surface area contributed by atoms with Crippen LogP contribution in [0, 0.1) is 0 Å². The van der Waals surface area contributed by atoms with Gasteiger partial charge in [-0.1, -0.05) is 12.1 Å². The van der Waals surface area contributed by atoms with Crippen molar-refractivity contribution >= 4 is 34.6 Å². The summed E-state index contributed by atoms with van der Waals surface area (Å²) >= 11 is 1.52. The zero-order valence-electron chi connectivity index (χ0n) is 16.0. The van der Waals surface area contributed by atoms with Gasteiger partial charge in [-0.15, -0.1) is 11.3 Å². The van der Waals surface area contributed by atoms with Crippen molar-refractivity contribution in [2.45, 2.75) is 0 Å². The number of carboxylic acids is 1. The van der Waals surface area contributed by atoms with Crippen LogP contribution >= 0.6 is 11.3 Å². The predicted molar refractivity (Wildman–Crippen MR) is 116 cm³/mol. The third kappa shape index (κ3) is 4.14. The van der Waals surface area contributed by atoms with Gasteiger partial charge in [-0.3, -0.25) is 4.79 Å². The molecule has 3 N–H and O–H groups in total. The van der Waals surface area contributed by atoms with Gasteiger partial charge < -0.3 is 25.2 Å². The minimum atomic E-state index is -1.14. The van der Waals surface area contributed by atoms with Crippen LogP contribution in [0.3, 0.4) is 0 Å². The highest BCUT2D eigenvalue weighted by atomic mass is 32.1. The number of amides is 1. The molecule has 2 heterocycles. The Bertz CT molecular complexity index is 1080. The largest absolute Gasteiger partial charge is 0.507 e. The Morgan fingerprint density at radius 3 is 2.53 bits per heavy atom. The van der Waals surface area contributed by atoms with E-state index >= 15 is 0 Å². The zero-order chi connectivity index (χ0) is 21.1. The number of aromatic carboxylic acids is 1. The van der Waals surface area contributed by atoms with Crippen LogP contribution < -0.4 is 10.2 Å². The van der Waals surface area contributed by atoms with Crippen molar-refractivity contribution in [3.8, 4) is 16.2 Å². The number of hydrogen-bond donors (Lipinski definition) is 3.